The van der Waals surface area contributed by atoms with E-state index in [2.05, 4.69) is 20.4 Å². The molecule has 148 valence electrons. The van der Waals surface area contributed by atoms with Crippen molar-refractivity contribution in [1.29, 1.82) is 0 Å². The summed E-state index contributed by atoms with van der Waals surface area (Å²) < 4.78 is 5.26. The maximum Gasteiger partial charge on any atom is 0.237 e. The minimum atomic E-state index is -0.0819. The van der Waals surface area contributed by atoms with Gasteiger partial charge in [0.15, 0.2) is 0 Å². The summed E-state index contributed by atoms with van der Waals surface area (Å²) >= 11 is 0. The number of nitrogens with one attached hydrogen (secondary N) is 2. The monoisotopic (exact) mass is 374 g/mol. The lowest BCUT2D eigenvalue weighted by Crippen LogP contribution is -2.54. The number of methoxy groups -OCH3 is 1. The zero-order valence-electron chi connectivity index (χ0n) is 16.2. The SMILES string of the molecule is COc1ccccc1NC(=O)CCN1CCN(C(C)C(=O)NC2CC2)CC1. The summed E-state index contributed by atoms with van der Waals surface area (Å²) in [5.41, 5.74) is 0.699. The van der Waals surface area contributed by atoms with Crippen LogP contribution < -0.4 is 15.4 Å². The molecule has 1 aliphatic heterocycles. The number of para-hydroxylation sites is 2. The molecule has 0 bridgehead atoms. The average molecular weight is 374 g/mol. The van der Waals surface area contributed by atoms with Crippen LogP contribution in [-0.4, -0.2) is 73.5 Å². The molecule has 1 atom stereocenters. The van der Waals surface area contributed by atoms with Gasteiger partial charge in [-0.3, -0.25) is 14.5 Å². The van der Waals surface area contributed by atoms with E-state index in [0.717, 1.165) is 45.6 Å². The van der Waals surface area contributed by atoms with Gasteiger partial charge in [-0.15, -0.1) is 0 Å². The number of carbonyl (C=O) groups is 2. The Hall–Kier alpha value is -2.12. The molecule has 7 nitrogen and oxygen atoms in total. The fourth-order valence-corrected chi connectivity index (χ4v) is 3.31. The number of hydrogen-bond donors (Lipinski definition) is 2. The molecule has 1 aliphatic carbocycles. The summed E-state index contributed by atoms with van der Waals surface area (Å²) in [7, 11) is 1.59. The quantitative estimate of drug-likeness (QED) is 0.718. The summed E-state index contributed by atoms with van der Waals surface area (Å²) in [4.78, 5) is 28.9. The highest BCUT2D eigenvalue weighted by molar-refractivity contribution is 5.92. The third-order valence-electron chi connectivity index (χ3n) is 5.29. The minimum absolute atomic E-state index is 0.0147. The molecule has 3 rings (SSSR count). The molecule has 1 aromatic rings. The van der Waals surface area contributed by atoms with E-state index in [1.807, 2.05) is 31.2 Å². The van der Waals surface area contributed by atoms with E-state index >= 15 is 0 Å². The summed E-state index contributed by atoms with van der Waals surface area (Å²) in [6.07, 6.45) is 2.67. The molecule has 1 unspecified atom stereocenters. The van der Waals surface area contributed by atoms with Crippen LogP contribution in [0.2, 0.25) is 0 Å². The third-order valence-corrected chi connectivity index (χ3v) is 5.29. The Labute approximate surface area is 161 Å². The number of anilines is 1. The topological polar surface area (TPSA) is 73.9 Å². The Morgan fingerprint density at radius 1 is 1.19 bits per heavy atom. The molecule has 2 N–H and O–H groups in total. The first kappa shape index (κ1) is 19.6. The van der Waals surface area contributed by atoms with Crippen LogP contribution in [0.4, 0.5) is 5.69 Å². The van der Waals surface area contributed by atoms with Crippen molar-refractivity contribution < 1.29 is 14.3 Å². The number of amides is 2. The lowest BCUT2D eigenvalue weighted by molar-refractivity contribution is -0.126. The second-order valence-corrected chi connectivity index (χ2v) is 7.33. The lowest BCUT2D eigenvalue weighted by Gasteiger charge is -2.37. The maximum absolute atomic E-state index is 12.2. The van der Waals surface area contributed by atoms with Gasteiger partial charge in [-0.05, 0) is 31.9 Å². The molecule has 1 heterocycles. The van der Waals surface area contributed by atoms with E-state index in [9.17, 15) is 9.59 Å². The number of benzene rings is 1. The van der Waals surface area contributed by atoms with Gasteiger partial charge >= 0.3 is 0 Å². The molecular weight excluding hydrogens is 344 g/mol. The molecule has 27 heavy (non-hydrogen) atoms. The van der Waals surface area contributed by atoms with Crippen molar-refractivity contribution in [2.45, 2.75) is 38.3 Å². The van der Waals surface area contributed by atoms with Crippen molar-refractivity contribution in [3.05, 3.63) is 24.3 Å². The van der Waals surface area contributed by atoms with Gasteiger partial charge in [0.25, 0.3) is 0 Å². The van der Waals surface area contributed by atoms with Gasteiger partial charge in [-0.25, -0.2) is 0 Å². The molecule has 7 heteroatoms. The van der Waals surface area contributed by atoms with Crippen LogP contribution in [0.15, 0.2) is 24.3 Å². The highest BCUT2D eigenvalue weighted by atomic mass is 16.5. The molecule has 0 radical (unpaired) electrons. The fraction of sp³-hybridized carbons (Fsp3) is 0.600. The van der Waals surface area contributed by atoms with Crippen LogP contribution in [0.25, 0.3) is 0 Å². The first-order valence-corrected chi connectivity index (χ1v) is 9.76. The summed E-state index contributed by atoms with van der Waals surface area (Å²) in [6, 6.07) is 7.74. The fourth-order valence-electron chi connectivity index (χ4n) is 3.31. The number of carbonyl (C=O) groups excluding carboxylic acids is 2. The maximum atomic E-state index is 12.2. The van der Waals surface area contributed by atoms with Gasteiger partial charge in [-0.1, -0.05) is 12.1 Å². The van der Waals surface area contributed by atoms with E-state index in [-0.39, 0.29) is 17.9 Å². The van der Waals surface area contributed by atoms with Crippen molar-refractivity contribution >= 4 is 17.5 Å². The molecule has 1 saturated heterocycles. The Balaban J connectivity index is 1.37. The van der Waals surface area contributed by atoms with Crippen molar-refractivity contribution in [1.82, 2.24) is 15.1 Å². The van der Waals surface area contributed by atoms with Crippen LogP contribution in [0.5, 0.6) is 5.75 Å². The molecule has 0 spiro atoms. The molecule has 2 aliphatic rings. The largest absolute Gasteiger partial charge is 0.495 e. The first-order chi connectivity index (χ1) is 13.1. The summed E-state index contributed by atoms with van der Waals surface area (Å²) in [5, 5.41) is 5.99. The second-order valence-electron chi connectivity index (χ2n) is 7.33. The molecule has 1 saturated carbocycles. The van der Waals surface area contributed by atoms with Crippen molar-refractivity contribution in [3.8, 4) is 5.75 Å². The summed E-state index contributed by atoms with van der Waals surface area (Å²) in [5.74, 6) is 0.791. The van der Waals surface area contributed by atoms with Crippen molar-refractivity contribution in [3.63, 3.8) is 0 Å². The summed E-state index contributed by atoms with van der Waals surface area (Å²) in [6.45, 7) is 6.16. The van der Waals surface area contributed by atoms with E-state index in [0.29, 0.717) is 23.9 Å². The molecule has 0 aromatic heterocycles. The van der Waals surface area contributed by atoms with E-state index < -0.39 is 0 Å². The van der Waals surface area contributed by atoms with Gasteiger partial charge in [0, 0.05) is 45.2 Å². The van der Waals surface area contributed by atoms with Gasteiger partial charge in [0.1, 0.15) is 5.75 Å². The number of piperazine rings is 1. The Bertz CT molecular complexity index is 654. The minimum Gasteiger partial charge on any atom is -0.495 e. The highest BCUT2D eigenvalue weighted by Crippen LogP contribution is 2.23. The van der Waals surface area contributed by atoms with Crippen LogP contribution in [0.3, 0.4) is 0 Å². The smallest absolute Gasteiger partial charge is 0.237 e. The third kappa shape index (κ3) is 5.68. The van der Waals surface area contributed by atoms with Gasteiger partial charge < -0.3 is 20.3 Å². The molecule has 1 aromatic carbocycles. The van der Waals surface area contributed by atoms with Crippen LogP contribution in [0, 0.1) is 0 Å². The molecular formula is C20H30N4O3. The Morgan fingerprint density at radius 3 is 2.56 bits per heavy atom. The number of ether oxygens (including phenoxy) is 1. The van der Waals surface area contributed by atoms with Crippen LogP contribution >= 0.6 is 0 Å². The molecule has 2 fully saturated rings. The highest BCUT2D eigenvalue weighted by Gasteiger charge is 2.29. The van der Waals surface area contributed by atoms with E-state index in [1.165, 1.54) is 0 Å². The zero-order chi connectivity index (χ0) is 19.2. The van der Waals surface area contributed by atoms with Crippen molar-refractivity contribution in [2.24, 2.45) is 0 Å². The normalized spacial score (nSPS) is 19.3. The van der Waals surface area contributed by atoms with Gasteiger partial charge in [-0.2, -0.15) is 0 Å². The first-order valence-electron chi connectivity index (χ1n) is 9.76. The second kappa shape index (κ2) is 9.19. The average Bonchev–Trinajstić information content (AvgIpc) is 3.50. The predicted octanol–water partition coefficient (Wildman–Crippen LogP) is 1.31. The van der Waals surface area contributed by atoms with Crippen LogP contribution in [-0.2, 0) is 9.59 Å². The Kier molecular flexibility index (Phi) is 6.68. The van der Waals surface area contributed by atoms with Gasteiger partial charge in [0.2, 0.25) is 11.8 Å². The lowest BCUT2D eigenvalue weighted by atomic mass is 10.2. The Morgan fingerprint density at radius 2 is 1.89 bits per heavy atom. The number of hydrogen-bond acceptors (Lipinski definition) is 5. The van der Waals surface area contributed by atoms with E-state index in [1.54, 1.807) is 7.11 Å². The number of nitrogens with zero attached hydrogens (tertiary/aromatic N) is 2. The van der Waals surface area contributed by atoms with Gasteiger partial charge in [0.05, 0.1) is 18.8 Å². The molecule has 2 amide bonds. The van der Waals surface area contributed by atoms with E-state index in [4.69, 9.17) is 4.74 Å². The predicted molar refractivity (Wildman–Crippen MR) is 105 cm³/mol. The standard InChI is InChI=1S/C20H30N4O3/c1-15(20(26)21-16-7-8-16)24-13-11-23(12-14-24)10-9-19(25)22-17-5-3-4-6-18(17)27-2/h3-6,15-16H,7-14H2,1-2H3,(H,21,26)(H,22,25). The van der Waals surface area contributed by atoms with Crippen LogP contribution in [0.1, 0.15) is 26.2 Å². The zero-order valence-corrected chi connectivity index (χ0v) is 16.2. The van der Waals surface area contributed by atoms with Crippen molar-refractivity contribution in [2.75, 3.05) is 45.2 Å². The number of rotatable bonds is 8.